The van der Waals surface area contributed by atoms with Crippen LogP contribution in [0, 0.1) is 6.92 Å². The summed E-state index contributed by atoms with van der Waals surface area (Å²) in [4.78, 5) is 33.2. The molecule has 0 aliphatic carbocycles. The monoisotopic (exact) mass is 482 g/mol. The Kier molecular flexibility index (Phi) is 7.73. The van der Waals surface area contributed by atoms with Crippen LogP contribution in [0.5, 0.6) is 0 Å². The van der Waals surface area contributed by atoms with Gasteiger partial charge in [-0.2, -0.15) is 5.10 Å². The summed E-state index contributed by atoms with van der Waals surface area (Å²) < 4.78 is 3.39. The number of nitrogens with one attached hydrogen (secondary N) is 1. The predicted molar refractivity (Wildman–Crippen MR) is 137 cm³/mol. The van der Waals surface area contributed by atoms with Crippen LogP contribution in [-0.2, 0) is 4.79 Å². The number of carbonyl (C=O) groups is 1. The molecule has 1 aromatic carbocycles. The lowest BCUT2D eigenvalue weighted by Crippen LogP contribution is -2.36. The minimum Gasteiger partial charge on any atom is -0.354 e. The molecule has 2 aromatic heterocycles. The van der Waals surface area contributed by atoms with Gasteiger partial charge in [-0.3, -0.25) is 14.2 Å². The van der Waals surface area contributed by atoms with Crippen molar-refractivity contribution < 1.29 is 4.79 Å². The highest BCUT2D eigenvalue weighted by atomic mass is 32.2. The number of carbonyl (C=O) groups excluding carboxylic acids is 1. The first kappa shape index (κ1) is 24.5. The number of benzene rings is 1. The number of hydrogen-bond acceptors (Lipinski definition) is 6. The Morgan fingerprint density at radius 3 is 2.71 bits per heavy atom. The summed E-state index contributed by atoms with van der Waals surface area (Å²) in [6.45, 7) is 11.6. The zero-order valence-corrected chi connectivity index (χ0v) is 21.3. The Morgan fingerprint density at radius 1 is 1.26 bits per heavy atom. The number of thioether (sulfide) groups is 1. The Bertz CT molecular complexity index is 1200. The average molecular weight is 483 g/mol. The van der Waals surface area contributed by atoms with Gasteiger partial charge in [-0.15, -0.1) is 0 Å². The van der Waals surface area contributed by atoms with Gasteiger partial charge in [-0.05, 0) is 58.5 Å². The second-order valence-electron chi connectivity index (χ2n) is 9.01. The Hall–Kier alpha value is -2.65. The molecule has 9 heteroatoms. The van der Waals surface area contributed by atoms with Gasteiger partial charge in [0, 0.05) is 18.2 Å². The third kappa shape index (κ3) is 5.20. The molecule has 1 aliphatic rings. The molecule has 0 saturated carbocycles. The van der Waals surface area contributed by atoms with E-state index in [0.717, 1.165) is 43.7 Å². The summed E-state index contributed by atoms with van der Waals surface area (Å²) in [7, 11) is 0. The summed E-state index contributed by atoms with van der Waals surface area (Å²) in [5, 5.41) is 8.66. The molecule has 1 N–H and O–H groups in total. The van der Waals surface area contributed by atoms with Crippen molar-refractivity contribution >= 4 is 28.7 Å². The topological polar surface area (TPSA) is 85.1 Å². The van der Waals surface area contributed by atoms with E-state index < -0.39 is 0 Å². The van der Waals surface area contributed by atoms with Crippen LogP contribution in [0.1, 0.15) is 51.6 Å². The van der Waals surface area contributed by atoms with E-state index in [2.05, 4.69) is 29.2 Å². The van der Waals surface area contributed by atoms with E-state index in [9.17, 15) is 9.59 Å². The highest BCUT2D eigenvalue weighted by Gasteiger charge is 2.29. The molecule has 1 aliphatic heterocycles. The van der Waals surface area contributed by atoms with E-state index in [-0.39, 0.29) is 30.0 Å². The van der Waals surface area contributed by atoms with Gasteiger partial charge in [0.2, 0.25) is 5.91 Å². The van der Waals surface area contributed by atoms with E-state index in [0.29, 0.717) is 21.9 Å². The molecule has 0 fully saturated rings. The van der Waals surface area contributed by atoms with Crippen molar-refractivity contribution in [1.82, 2.24) is 29.5 Å². The third-order valence-electron chi connectivity index (χ3n) is 6.48. The highest BCUT2D eigenvalue weighted by Crippen LogP contribution is 2.33. The van der Waals surface area contributed by atoms with E-state index in [4.69, 9.17) is 4.98 Å². The second kappa shape index (κ2) is 10.7. The number of fused-ring (bicyclic) bond motifs is 2. The lowest BCUT2D eigenvalue weighted by Gasteiger charge is -2.20. The van der Waals surface area contributed by atoms with Crippen molar-refractivity contribution in [2.75, 3.05) is 25.4 Å². The van der Waals surface area contributed by atoms with Crippen molar-refractivity contribution in [3.05, 3.63) is 46.4 Å². The zero-order chi connectivity index (χ0) is 24.2. The Balaban J connectivity index is 1.44. The van der Waals surface area contributed by atoms with E-state index in [1.807, 2.05) is 38.1 Å². The fraction of sp³-hybridized carbons (Fsp3) is 0.520. The van der Waals surface area contributed by atoms with Gasteiger partial charge in [-0.1, -0.05) is 43.3 Å². The van der Waals surface area contributed by atoms with Gasteiger partial charge >= 0.3 is 0 Å². The lowest BCUT2D eigenvalue weighted by molar-refractivity contribution is -0.122. The molecule has 0 radical (unpaired) electrons. The maximum Gasteiger partial charge on any atom is 0.265 e. The number of aryl methyl sites for hydroxylation is 1. The molecule has 4 rings (SSSR count). The molecule has 3 aromatic rings. The minimum absolute atomic E-state index is 0.0175. The van der Waals surface area contributed by atoms with Crippen LogP contribution in [0.25, 0.3) is 16.7 Å². The summed E-state index contributed by atoms with van der Waals surface area (Å²) in [5.74, 6) is 0.646. The van der Waals surface area contributed by atoms with Crippen LogP contribution in [0.3, 0.4) is 0 Å². The standard InChI is InChI=1S/C25H34N6O2S/c1-5-29(6-2)13-7-8-18(4)27-22(32)14-20-16-34-25-28-23-21(24(33)30(20)25)15-26-31(23)19-11-9-17(3)10-12-19/h9-12,15,18,20H,5-8,13-14,16H2,1-4H3,(H,27,32). The summed E-state index contributed by atoms with van der Waals surface area (Å²) in [6.07, 6.45) is 3.85. The molecular weight excluding hydrogens is 448 g/mol. The molecule has 0 bridgehead atoms. The van der Waals surface area contributed by atoms with Gasteiger partial charge in [0.1, 0.15) is 5.39 Å². The van der Waals surface area contributed by atoms with Crippen molar-refractivity contribution in [3.8, 4) is 5.69 Å². The molecule has 1 amide bonds. The maximum atomic E-state index is 13.3. The fourth-order valence-electron chi connectivity index (χ4n) is 4.44. The predicted octanol–water partition coefficient (Wildman–Crippen LogP) is 3.55. The SMILES string of the molecule is CCN(CC)CCCC(C)NC(=O)CC1CSc2nc3c(cnn3-c3ccc(C)cc3)c(=O)n21. The number of nitrogens with zero attached hydrogens (tertiary/aromatic N) is 5. The molecular formula is C25H34N6O2S. The largest absolute Gasteiger partial charge is 0.354 e. The van der Waals surface area contributed by atoms with Gasteiger partial charge in [0.15, 0.2) is 10.8 Å². The van der Waals surface area contributed by atoms with E-state index in [1.54, 1.807) is 15.4 Å². The van der Waals surface area contributed by atoms with Crippen LogP contribution in [0.4, 0.5) is 0 Å². The van der Waals surface area contributed by atoms with Crippen LogP contribution < -0.4 is 10.9 Å². The van der Waals surface area contributed by atoms with Gasteiger partial charge in [0.25, 0.3) is 5.56 Å². The van der Waals surface area contributed by atoms with E-state index in [1.165, 1.54) is 11.8 Å². The minimum atomic E-state index is -0.199. The quantitative estimate of drug-likeness (QED) is 0.445. The number of hydrogen-bond donors (Lipinski definition) is 1. The highest BCUT2D eigenvalue weighted by molar-refractivity contribution is 7.99. The van der Waals surface area contributed by atoms with Crippen LogP contribution in [-0.4, -0.2) is 61.6 Å². The van der Waals surface area contributed by atoms with Gasteiger partial charge < -0.3 is 10.2 Å². The van der Waals surface area contributed by atoms with Crippen molar-refractivity contribution in [1.29, 1.82) is 0 Å². The fourth-order valence-corrected chi connectivity index (χ4v) is 5.57. The van der Waals surface area contributed by atoms with Crippen molar-refractivity contribution in [2.45, 2.75) is 64.2 Å². The normalized spacial score (nSPS) is 16.2. The summed E-state index contributed by atoms with van der Waals surface area (Å²) in [6, 6.07) is 7.88. The first-order chi connectivity index (χ1) is 16.4. The summed E-state index contributed by atoms with van der Waals surface area (Å²) in [5.41, 5.74) is 2.45. The number of rotatable bonds is 10. The molecule has 2 unspecified atom stereocenters. The molecule has 34 heavy (non-hydrogen) atoms. The van der Waals surface area contributed by atoms with Crippen LogP contribution >= 0.6 is 11.8 Å². The summed E-state index contributed by atoms with van der Waals surface area (Å²) >= 11 is 1.52. The third-order valence-corrected chi connectivity index (χ3v) is 7.58. The van der Waals surface area contributed by atoms with Crippen molar-refractivity contribution in [3.63, 3.8) is 0 Å². The van der Waals surface area contributed by atoms with Gasteiger partial charge in [-0.25, -0.2) is 9.67 Å². The molecule has 182 valence electrons. The van der Waals surface area contributed by atoms with Gasteiger partial charge in [0.05, 0.1) is 17.9 Å². The van der Waals surface area contributed by atoms with Crippen LogP contribution in [0.2, 0.25) is 0 Å². The number of aromatic nitrogens is 4. The average Bonchev–Trinajstić information content (AvgIpc) is 3.42. The van der Waals surface area contributed by atoms with Crippen LogP contribution in [0.15, 0.2) is 40.4 Å². The maximum absolute atomic E-state index is 13.3. The Morgan fingerprint density at radius 2 is 2.00 bits per heavy atom. The smallest absolute Gasteiger partial charge is 0.265 e. The number of amides is 1. The molecule has 8 nitrogen and oxygen atoms in total. The Labute approximate surface area is 204 Å². The molecule has 0 saturated heterocycles. The first-order valence-corrected chi connectivity index (χ1v) is 13.1. The first-order valence-electron chi connectivity index (χ1n) is 12.1. The van der Waals surface area contributed by atoms with Crippen molar-refractivity contribution in [2.24, 2.45) is 0 Å². The molecule has 0 spiro atoms. The van der Waals surface area contributed by atoms with E-state index >= 15 is 0 Å². The molecule has 2 atom stereocenters. The lowest BCUT2D eigenvalue weighted by atomic mass is 10.1. The molecule has 3 heterocycles. The second-order valence-corrected chi connectivity index (χ2v) is 9.99. The zero-order valence-electron chi connectivity index (χ0n) is 20.5.